The lowest BCUT2D eigenvalue weighted by Gasteiger charge is -2.35. The van der Waals surface area contributed by atoms with Gasteiger partial charge in [-0.05, 0) is 30.2 Å². The van der Waals surface area contributed by atoms with Gasteiger partial charge >= 0.3 is 0 Å². The summed E-state index contributed by atoms with van der Waals surface area (Å²) in [5.74, 6) is 0.317. The number of phenols is 1. The van der Waals surface area contributed by atoms with Crippen LogP contribution in [0.2, 0.25) is 0 Å². The fourth-order valence-corrected chi connectivity index (χ4v) is 3.72. The number of nitrogens with one attached hydrogen (secondary N) is 1. The third-order valence-electron chi connectivity index (χ3n) is 5.10. The summed E-state index contributed by atoms with van der Waals surface area (Å²) in [6.07, 6.45) is 0.434. The number of rotatable bonds is 2. The van der Waals surface area contributed by atoms with Crippen molar-refractivity contribution in [2.24, 2.45) is 0 Å². The second kappa shape index (κ2) is 6.41. The number of amides is 1. The average Bonchev–Trinajstić information content (AvgIpc) is 3.07. The van der Waals surface area contributed by atoms with Crippen molar-refractivity contribution in [3.05, 3.63) is 59.2 Å². The molecule has 2 aliphatic rings. The molecule has 2 N–H and O–H groups in total. The molecule has 1 amide bonds. The van der Waals surface area contributed by atoms with Crippen LogP contribution < -0.4 is 5.32 Å². The number of ether oxygens (including phenoxy) is 1. The number of benzene rings is 2. The minimum absolute atomic E-state index is 0.0671. The molecule has 5 nitrogen and oxygen atoms in total. The first kappa shape index (κ1) is 16.0. The van der Waals surface area contributed by atoms with Gasteiger partial charge in [0, 0.05) is 24.2 Å². The minimum atomic E-state index is -0.320. The Morgan fingerprint density at radius 3 is 2.88 bits per heavy atom. The Kier molecular flexibility index (Phi) is 4.09. The minimum Gasteiger partial charge on any atom is -0.508 e. The molecule has 0 spiro atoms. The smallest absolute Gasteiger partial charge is 0.245 e. The van der Waals surface area contributed by atoms with Gasteiger partial charge in [-0.2, -0.15) is 0 Å². The maximum atomic E-state index is 13.0. The second-order valence-corrected chi connectivity index (χ2v) is 6.70. The average molecular weight is 338 g/mol. The number of aromatic hydroxyl groups is 1. The van der Waals surface area contributed by atoms with E-state index in [1.54, 1.807) is 12.1 Å². The summed E-state index contributed by atoms with van der Waals surface area (Å²) in [5, 5.41) is 13.2. The topological polar surface area (TPSA) is 61.8 Å². The van der Waals surface area contributed by atoms with Crippen LogP contribution in [0.15, 0.2) is 42.5 Å². The van der Waals surface area contributed by atoms with Crippen LogP contribution in [-0.2, 0) is 16.0 Å². The lowest BCUT2D eigenvalue weighted by molar-refractivity contribution is -0.139. The molecule has 2 aromatic rings. The molecule has 2 aromatic carbocycles. The molecule has 1 saturated heterocycles. The van der Waals surface area contributed by atoms with E-state index in [2.05, 4.69) is 24.4 Å². The van der Waals surface area contributed by atoms with Gasteiger partial charge in [0.1, 0.15) is 17.9 Å². The molecule has 0 saturated carbocycles. The Morgan fingerprint density at radius 1 is 1.24 bits per heavy atom. The normalized spacial score (nSPS) is 22.4. The van der Waals surface area contributed by atoms with E-state index in [0.717, 1.165) is 16.8 Å². The molecule has 0 bridgehead atoms. The summed E-state index contributed by atoms with van der Waals surface area (Å²) < 4.78 is 5.91. The number of anilines is 1. The number of nitrogens with zero attached hydrogens (tertiary/aromatic N) is 1. The number of carbonyl (C=O) groups is 1. The summed E-state index contributed by atoms with van der Waals surface area (Å²) in [5.41, 5.74) is 3.99. The molecule has 2 atom stereocenters. The molecule has 5 heteroatoms. The van der Waals surface area contributed by atoms with Gasteiger partial charge < -0.3 is 20.1 Å². The van der Waals surface area contributed by atoms with Crippen molar-refractivity contribution >= 4 is 11.6 Å². The summed E-state index contributed by atoms with van der Waals surface area (Å²) in [6, 6.07) is 13.2. The fraction of sp³-hybridized carbons (Fsp3) is 0.350. The van der Waals surface area contributed by atoms with E-state index in [9.17, 15) is 9.90 Å². The van der Waals surface area contributed by atoms with Crippen LogP contribution >= 0.6 is 0 Å². The van der Waals surface area contributed by atoms with E-state index in [4.69, 9.17) is 4.74 Å². The molecule has 130 valence electrons. The SMILES string of the molecule is Cc1ccccc1C1CN(C(=O)C2Cc3c(O)cccc3N2)CCO1. The van der Waals surface area contributed by atoms with Crippen molar-refractivity contribution in [2.75, 3.05) is 25.0 Å². The Hall–Kier alpha value is -2.53. The zero-order chi connectivity index (χ0) is 17.4. The van der Waals surface area contributed by atoms with Crippen LogP contribution in [0.3, 0.4) is 0 Å². The largest absolute Gasteiger partial charge is 0.508 e. The third-order valence-corrected chi connectivity index (χ3v) is 5.10. The maximum absolute atomic E-state index is 13.0. The van der Waals surface area contributed by atoms with E-state index in [1.807, 2.05) is 23.1 Å². The first-order chi connectivity index (χ1) is 12.1. The van der Waals surface area contributed by atoms with E-state index in [0.29, 0.717) is 26.1 Å². The van der Waals surface area contributed by atoms with Crippen LogP contribution in [0.1, 0.15) is 22.8 Å². The van der Waals surface area contributed by atoms with Gasteiger partial charge in [0.15, 0.2) is 0 Å². The second-order valence-electron chi connectivity index (χ2n) is 6.70. The highest BCUT2D eigenvalue weighted by atomic mass is 16.5. The highest BCUT2D eigenvalue weighted by molar-refractivity contribution is 5.88. The molecule has 1 fully saturated rings. The molecular weight excluding hydrogens is 316 g/mol. The molecule has 4 rings (SSSR count). The first-order valence-corrected chi connectivity index (χ1v) is 8.67. The van der Waals surface area contributed by atoms with Gasteiger partial charge in [-0.15, -0.1) is 0 Å². The van der Waals surface area contributed by atoms with E-state index >= 15 is 0 Å². The summed E-state index contributed by atoms with van der Waals surface area (Å²) in [6.45, 7) is 3.76. The predicted octanol–water partition coefficient (Wildman–Crippen LogP) is 2.64. The van der Waals surface area contributed by atoms with Crippen LogP contribution in [0.5, 0.6) is 5.75 Å². The van der Waals surface area contributed by atoms with Gasteiger partial charge in [0.05, 0.1) is 13.2 Å². The number of hydrogen-bond donors (Lipinski definition) is 2. The standard InChI is InChI=1S/C20H22N2O3/c1-13-5-2-3-6-14(13)19-12-22(9-10-25-19)20(24)17-11-15-16(21-17)7-4-8-18(15)23/h2-8,17,19,21,23H,9-12H2,1H3. The van der Waals surface area contributed by atoms with Crippen molar-refractivity contribution in [1.29, 1.82) is 0 Å². The molecular formula is C20H22N2O3. The Balaban J connectivity index is 1.48. The highest BCUT2D eigenvalue weighted by Crippen LogP contribution is 2.34. The molecule has 2 unspecified atom stereocenters. The van der Waals surface area contributed by atoms with Crippen molar-refractivity contribution in [3.63, 3.8) is 0 Å². The summed E-state index contributed by atoms with van der Waals surface area (Å²) in [4.78, 5) is 14.8. The third kappa shape index (κ3) is 2.96. The lowest BCUT2D eigenvalue weighted by atomic mass is 10.0. The predicted molar refractivity (Wildman–Crippen MR) is 95.7 cm³/mol. The van der Waals surface area contributed by atoms with Crippen LogP contribution in [0.4, 0.5) is 5.69 Å². The van der Waals surface area contributed by atoms with Gasteiger partial charge in [-0.1, -0.05) is 30.3 Å². The number of hydrogen-bond acceptors (Lipinski definition) is 4. The van der Waals surface area contributed by atoms with Crippen molar-refractivity contribution < 1.29 is 14.6 Å². The van der Waals surface area contributed by atoms with Crippen molar-refractivity contribution in [1.82, 2.24) is 4.90 Å². The highest BCUT2D eigenvalue weighted by Gasteiger charge is 2.34. The fourth-order valence-electron chi connectivity index (χ4n) is 3.72. The van der Waals surface area contributed by atoms with E-state index in [-0.39, 0.29) is 23.8 Å². The molecule has 25 heavy (non-hydrogen) atoms. The number of phenolic OH excluding ortho intramolecular Hbond substituents is 1. The zero-order valence-corrected chi connectivity index (χ0v) is 14.2. The lowest BCUT2D eigenvalue weighted by Crippen LogP contribution is -2.48. The Bertz CT molecular complexity index is 805. The van der Waals surface area contributed by atoms with Crippen LogP contribution in [0.25, 0.3) is 0 Å². The summed E-state index contributed by atoms with van der Waals surface area (Å²) >= 11 is 0. The molecule has 2 aliphatic heterocycles. The maximum Gasteiger partial charge on any atom is 0.245 e. The molecule has 0 aliphatic carbocycles. The quantitative estimate of drug-likeness (QED) is 0.884. The van der Waals surface area contributed by atoms with Gasteiger partial charge in [-0.25, -0.2) is 0 Å². The van der Waals surface area contributed by atoms with Crippen LogP contribution in [-0.4, -0.2) is 41.7 Å². The number of morpholine rings is 1. The number of fused-ring (bicyclic) bond motifs is 1. The molecule has 0 aromatic heterocycles. The number of carbonyl (C=O) groups excluding carboxylic acids is 1. The van der Waals surface area contributed by atoms with Gasteiger partial charge in [0.2, 0.25) is 5.91 Å². The van der Waals surface area contributed by atoms with Gasteiger partial charge in [-0.3, -0.25) is 4.79 Å². The monoisotopic (exact) mass is 338 g/mol. The van der Waals surface area contributed by atoms with Gasteiger partial charge in [0.25, 0.3) is 0 Å². The Morgan fingerprint density at radius 2 is 2.08 bits per heavy atom. The zero-order valence-electron chi connectivity index (χ0n) is 14.2. The first-order valence-electron chi connectivity index (χ1n) is 8.67. The summed E-state index contributed by atoms with van der Waals surface area (Å²) in [7, 11) is 0. The van der Waals surface area contributed by atoms with Crippen molar-refractivity contribution in [2.45, 2.75) is 25.5 Å². The Labute approximate surface area is 147 Å². The van der Waals surface area contributed by atoms with E-state index in [1.165, 1.54) is 5.56 Å². The molecule has 2 heterocycles. The number of aryl methyl sites for hydroxylation is 1. The molecule has 0 radical (unpaired) electrons. The van der Waals surface area contributed by atoms with Crippen LogP contribution in [0, 0.1) is 6.92 Å². The van der Waals surface area contributed by atoms with Crippen molar-refractivity contribution in [3.8, 4) is 5.75 Å². The van der Waals surface area contributed by atoms with E-state index < -0.39 is 0 Å².